The SMILES string of the molecule is COCCN1C(=O)C(Nc2cccc(C(F)(F)F)c2)=C(c2ccccc2OC)C1=O. The van der Waals surface area contributed by atoms with E-state index in [2.05, 4.69) is 5.32 Å². The topological polar surface area (TPSA) is 67.9 Å². The molecule has 0 saturated carbocycles. The lowest BCUT2D eigenvalue weighted by atomic mass is 10.0. The minimum Gasteiger partial charge on any atom is -0.496 e. The number of anilines is 1. The van der Waals surface area contributed by atoms with Crippen LogP contribution in [0.1, 0.15) is 11.1 Å². The fourth-order valence-corrected chi connectivity index (χ4v) is 3.10. The first-order chi connectivity index (χ1) is 14.3. The molecule has 1 aliphatic heterocycles. The molecule has 0 saturated heterocycles. The van der Waals surface area contributed by atoms with Gasteiger partial charge in [0.15, 0.2) is 0 Å². The lowest BCUT2D eigenvalue weighted by Gasteiger charge is -2.15. The van der Waals surface area contributed by atoms with Gasteiger partial charge in [-0.2, -0.15) is 13.2 Å². The highest BCUT2D eigenvalue weighted by molar-refractivity contribution is 6.37. The maximum absolute atomic E-state index is 13.1. The molecule has 0 fully saturated rings. The lowest BCUT2D eigenvalue weighted by Crippen LogP contribution is -2.35. The Morgan fingerprint density at radius 1 is 1.00 bits per heavy atom. The normalized spacial score (nSPS) is 14.5. The number of hydrogen-bond acceptors (Lipinski definition) is 5. The highest BCUT2D eigenvalue weighted by Crippen LogP contribution is 2.36. The predicted molar refractivity (Wildman–Crippen MR) is 104 cm³/mol. The van der Waals surface area contributed by atoms with E-state index in [1.165, 1.54) is 26.4 Å². The number of rotatable bonds is 7. The number of halogens is 3. The van der Waals surface area contributed by atoms with Gasteiger partial charge in [-0.1, -0.05) is 24.3 Å². The first kappa shape index (κ1) is 21.4. The van der Waals surface area contributed by atoms with Crippen LogP contribution >= 0.6 is 0 Å². The van der Waals surface area contributed by atoms with Crippen molar-refractivity contribution in [3.05, 3.63) is 65.4 Å². The Hall–Kier alpha value is -3.33. The second-order valence-corrected chi connectivity index (χ2v) is 6.41. The number of hydrogen-bond donors (Lipinski definition) is 1. The summed E-state index contributed by atoms with van der Waals surface area (Å²) in [5.74, 6) is -0.892. The molecule has 2 aromatic carbocycles. The van der Waals surface area contributed by atoms with Gasteiger partial charge < -0.3 is 14.8 Å². The summed E-state index contributed by atoms with van der Waals surface area (Å²) < 4.78 is 49.4. The van der Waals surface area contributed by atoms with Gasteiger partial charge in [-0.05, 0) is 24.3 Å². The van der Waals surface area contributed by atoms with Gasteiger partial charge in [-0.15, -0.1) is 0 Å². The van der Waals surface area contributed by atoms with Crippen molar-refractivity contribution >= 4 is 23.1 Å². The summed E-state index contributed by atoms with van der Waals surface area (Å²) in [5, 5.41) is 2.71. The molecule has 2 aromatic rings. The van der Waals surface area contributed by atoms with Crippen molar-refractivity contribution in [2.45, 2.75) is 6.18 Å². The Labute approximate surface area is 170 Å². The van der Waals surface area contributed by atoms with Gasteiger partial charge in [0, 0.05) is 18.4 Å². The minimum atomic E-state index is -4.54. The highest BCUT2D eigenvalue weighted by atomic mass is 19.4. The van der Waals surface area contributed by atoms with E-state index in [9.17, 15) is 22.8 Å². The molecule has 30 heavy (non-hydrogen) atoms. The smallest absolute Gasteiger partial charge is 0.416 e. The Morgan fingerprint density at radius 3 is 2.40 bits per heavy atom. The van der Waals surface area contributed by atoms with E-state index in [1.807, 2.05) is 0 Å². The van der Waals surface area contributed by atoms with Gasteiger partial charge in [0.05, 0.1) is 31.4 Å². The third-order valence-corrected chi connectivity index (χ3v) is 4.52. The van der Waals surface area contributed by atoms with E-state index >= 15 is 0 Å². The molecule has 0 unspecified atom stereocenters. The summed E-state index contributed by atoms with van der Waals surface area (Å²) in [5.41, 5.74) is -0.597. The molecule has 0 atom stereocenters. The van der Waals surface area contributed by atoms with Crippen LogP contribution < -0.4 is 10.1 Å². The maximum Gasteiger partial charge on any atom is 0.416 e. The molecule has 2 amide bonds. The Balaban J connectivity index is 2.09. The van der Waals surface area contributed by atoms with Crippen molar-refractivity contribution in [1.82, 2.24) is 4.90 Å². The zero-order chi connectivity index (χ0) is 21.9. The van der Waals surface area contributed by atoms with Crippen molar-refractivity contribution in [2.24, 2.45) is 0 Å². The Kier molecular flexibility index (Phi) is 6.12. The van der Waals surface area contributed by atoms with E-state index in [1.54, 1.807) is 24.3 Å². The monoisotopic (exact) mass is 420 g/mol. The van der Waals surface area contributed by atoms with E-state index in [0.717, 1.165) is 17.0 Å². The van der Waals surface area contributed by atoms with Crippen LogP contribution in [-0.2, 0) is 20.5 Å². The molecule has 3 rings (SSSR count). The molecule has 9 heteroatoms. The molecule has 0 aromatic heterocycles. The number of imide groups is 1. The van der Waals surface area contributed by atoms with Crippen molar-refractivity contribution in [3.8, 4) is 5.75 Å². The average Bonchev–Trinajstić information content (AvgIpc) is 2.95. The molecule has 1 N–H and O–H groups in total. The molecular formula is C21H19F3N2O4. The van der Waals surface area contributed by atoms with Gasteiger partial charge in [0.2, 0.25) is 0 Å². The van der Waals surface area contributed by atoms with E-state index in [4.69, 9.17) is 9.47 Å². The number of carbonyl (C=O) groups is 2. The third kappa shape index (κ3) is 4.16. The molecule has 0 radical (unpaired) electrons. The van der Waals surface area contributed by atoms with Crippen LogP contribution in [0, 0.1) is 0 Å². The van der Waals surface area contributed by atoms with Crippen LogP contribution in [-0.4, -0.2) is 44.1 Å². The second-order valence-electron chi connectivity index (χ2n) is 6.41. The molecular weight excluding hydrogens is 401 g/mol. The van der Waals surface area contributed by atoms with Crippen LogP contribution in [0.3, 0.4) is 0 Å². The van der Waals surface area contributed by atoms with Crippen LogP contribution in [0.25, 0.3) is 5.57 Å². The molecule has 1 aliphatic rings. The fraction of sp³-hybridized carbons (Fsp3) is 0.238. The zero-order valence-corrected chi connectivity index (χ0v) is 16.2. The maximum atomic E-state index is 13.1. The number of carbonyl (C=O) groups excluding carboxylic acids is 2. The average molecular weight is 420 g/mol. The summed E-state index contributed by atoms with van der Waals surface area (Å²) in [6.07, 6.45) is -4.54. The zero-order valence-electron chi connectivity index (χ0n) is 16.2. The number of nitrogens with one attached hydrogen (secondary N) is 1. The van der Waals surface area contributed by atoms with Crippen LogP contribution in [0.5, 0.6) is 5.75 Å². The molecule has 158 valence electrons. The van der Waals surface area contributed by atoms with Crippen LogP contribution in [0.4, 0.5) is 18.9 Å². The van der Waals surface area contributed by atoms with Crippen molar-refractivity contribution in [1.29, 1.82) is 0 Å². The van der Waals surface area contributed by atoms with Crippen molar-refractivity contribution in [3.63, 3.8) is 0 Å². The number of amides is 2. The largest absolute Gasteiger partial charge is 0.496 e. The van der Waals surface area contributed by atoms with Crippen LogP contribution in [0.15, 0.2) is 54.2 Å². The quantitative estimate of drug-likeness (QED) is 0.694. The van der Waals surface area contributed by atoms with Gasteiger partial charge in [0.1, 0.15) is 11.4 Å². The van der Waals surface area contributed by atoms with Gasteiger partial charge in [0.25, 0.3) is 11.8 Å². The van der Waals surface area contributed by atoms with Gasteiger partial charge >= 0.3 is 6.18 Å². The summed E-state index contributed by atoms with van der Waals surface area (Å²) in [7, 11) is 2.85. The first-order valence-electron chi connectivity index (χ1n) is 8.95. The number of nitrogens with zero attached hydrogens (tertiary/aromatic N) is 1. The molecule has 1 heterocycles. The first-order valence-corrected chi connectivity index (χ1v) is 8.95. The Bertz CT molecular complexity index is 1000. The lowest BCUT2D eigenvalue weighted by molar-refractivity contribution is -0.138. The summed E-state index contributed by atoms with van der Waals surface area (Å²) in [6.45, 7) is 0.119. The molecule has 0 spiro atoms. The molecule has 0 aliphatic carbocycles. The number of para-hydroxylation sites is 1. The number of ether oxygens (including phenoxy) is 2. The number of benzene rings is 2. The van der Waals surface area contributed by atoms with E-state index in [-0.39, 0.29) is 30.1 Å². The molecule has 6 nitrogen and oxygen atoms in total. The molecule has 0 bridgehead atoms. The number of methoxy groups -OCH3 is 2. The summed E-state index contributed by atoms with van der Waals surface area (Å²) in [6, 6.07) is 11.0. The van der Waals surface area contributed by atoms with Gasteiger partial charge in [-0.3, -0.25) is 14.5 Å². The highest BCUT2D eigenvalue weighted by Gasteiger charge is 2.40. The fourth-order valence-electron chi connectivity index (χ4n) is 3.10. The van der Waals surface area contributed by atoms with E-state index < -0.39 is 23.6 Å². The summed E-state index contributed by atoms with van der Waals surface area (Å²) >= 11 is 0. The second kappa shape index (κ2) is 8.58. The van der Waals surface area contributed by atoms with E-state index in [0.29, 0.717) is 11.3 Å². The third-order valence-electron chi connectivity index (χ3n) is 4.52. The van der Waals surface area contributed by atoms with Crippen LogP contribution in [0.2, 0.25) is 0 Å². The number of alkyl halides is 3. The standard InChI is InChI=1S/C21H19F3N2O4/c1-29-11-10-26-19(27)17(15-8-3-4-9-16(15)30-2)18(20(26)28)25-14-7-5-6-13(12-14)21(22,23)24/h3-9,12,25H,10-11H2,1-2H3. The van der Waals surface area contributed by atoms with Crippen molar-refractivity contribution in [2.75, 3.05) is 32.7 Å². The van der Waals surface area contributed by atoms with Gasteiger partial charge in [-0.25, -0.2) is 0 Å². The predicted octanol–water partition coefficient (Wildman–Crippen LogP) is 3.55. The van der Waals surface area contributed by atoms with Crippen molar-refractivity contribution < 1.29 is 32.2 Å². The minimum absolute atomic E-state index is 0.000582. The Morgan fingerprint density at radius 2 is 1.73 bits per heavy atom. The summed E-state index contributed by atoms with van der Waals surface area (Å²) in [4.78, 5) is 27.0.